The molecule has 1 aliphatic heterocycles. The predicted molar refractivity (Wildman–Crippen MR) is 156 cm³/mol. The van der Waals surface area contributed by atoms with Crippen LogP contribution in [0.3, 0.4) is 0 Å². The van der Waals surface area contributed by atoms with E-state index in [1.54, 1.807) is 0 Å². The van der Waals surface area contributed by atoms with Gasteiger partial charge < -0.3 is 14.1 Å². The van der Waals surface area contributed by atoms with Crippen molar-refractivity contribution in [2.24, 2.45) is 0 Å². The van der Waals surface area contributed by atoms with Gasteiger partial charge in [-0.15, -0.1) is 0 Å². The van der Waals surface area contributed by atoms with E-state index >= 15 is 0 Å². The SMILES string of the molecule is [O-][Cl+3]([O-])([O-])O.c1ccc(Cc2nc([P+](c3ccccc3)(c3ccccc3)c3ccccc3)c(N3CCOCC3)o2)cc1. The maximum atomic E-state index is 8.60. The van der Waals surface area contributed by atoms with E-state index in [1.807, 2.05) is 6.07 Å². The van der Waals surface area contributed by atoms with E-state index < -0.39 is 17.5 Å². The third kappa shape index (κ3) is 7.06. The first-order chi connectivity index (χ1) is 20.4. The summed E-state index contributed by atoms with van der Waals surface area (Å²) in [5, 5.41) is 3.80. The second kappa shape index (κ2) is 13.6. The molecule has 216 valence electrons. The van der Waals surface area contributed by atoms with Crippen LogP contribution in [0.2, 0.25) is 0 Å². The van der Waals surface area contributed by atoms with Gasteiger partial charge in [0.15, 0.2) is 7.26 Å². The Labute approximate surface area is 247 Å². The van der Waals surface area contributed by atoms with E-state index in [4.69, 9.17) is 32.8 Å². The average molecular weight is 606 g/mol. The maximum absolute atomic E-state index is 8.60. The number of benzene rings is 4. The number of halogens is 1. The molecule has 0 aliphatic carbocycles. The fourth-order valence-corrected chi connectivity index (χ4v) is 9.37. The van der Waals surface area contributed by atoms with E-state index in [0.717, 1.165) is 30.3 Å². The Morgan fingerprint density at radius 1 is 0.690 bits per heavy atom. The molecule has 1 N–H and O–H groups in total. The quantitative estimate of drug-likeness (QED) is 0.267. The highest BCUT2D eigenvalue weighted by atomic mass is 35.7. The van der Waals surface area contributed by atoms with E-state index in [2.05, 4.69) is 120 Å². The maximum Gasteiger partial charge on any atom is 0.261 e. The number of anilines is 1. The molecule has 8 nitrogen and oxygen atoms in total. The minimum atomic E-state index is -4.69. The van der Waals surface area contributed by atoms with Gasteiger partial charge >= 0.3 is 0 Å². The summed E-state index contributed by atoms with van der Waals surface area (Å²) in [6, 6.07) is 43.0. The van der Waals surface area contributed by atoms with Crippen molar-refractivity contribution in [1.82, 2.24) is 4.98 Å². The molecule has 4 aromatic carbocycles. The van der Waals surface area contributed by atoms with Crippen molar-refractivity contribution in [2.45, 2.75) is 6.42 Å². The number of oxazole rings is 1. The number of hydrogen-bond acceptors (Lipinski definition) is 8. The van der Waals surface area contributed by atoms with Crippen molar-refractivity contribution < 1.29 is 38.0 Å². The summed E-state index contributed by atoms with van der Waals surface area (Å²) in [5.74, 6) is 1.62. The van der Waals surface area contributed by atoms with E-state index in [0.29, 0.717) is 19.6 Å². The fraction of sp³-hybridized carbons (Fsp3) is 0.156. The zero-order valence-corrected chi connectivity index (χ0v) is 24.4. The highest BCUT2D eigenvalue weighted by Crippen LogP contribution is 2.56. The van der Waals surface area contributed by atoms with Crippen LogP contribution in [0.15, 0.2) is 126 Å². The molecule has 42 heavy (non-hydrogen) atoms. The van der Waals surface area contributed by atoms with E-state index in [9.17, 15) is 0 Å². The van der Waals surface area contributed by atoms with Crippen molar-refractivity contribution in [2.75, 3.05) is 31.2 Å². The van der Waals surface area contributed by atoms with Crippen LogP contribution >= 0.6 is 7.26 Å². The largest absolute Gasteiger partial charge is 0.420 e. The molecule has 0 atom stereocenters. The van der Waals surface area contributed by atoms with Gasteiger partial charge in [-0.3, -0.25) is 0 Å². The Kier molecular flexibility index (Phi) is 9.67. The first kappa shape index (κ1) is 29.9. The van der Waals surface area contributed by atoms with Crippen molar-refractivity contribution >= 4 is 34.5 Å². The minimum Gasteiger partial charge on any atom is -0.420 e. The smallest absolute Gasteiger partial charge is 0.261 e. The third-order valence-corrected chi connectivity index (χ3v) is 11.0. The topological polar surface area (TPSA) is 128 Å². The zero-order valence-electron chi connectivity index (χ0n) is 22.8. The summed E-state index contributed by atoms with van der Waals surface area (Å²) in [4.78, 5) is 7.71. The van der Waals surface area contributed by atoms with Gasteiger partial charge in [0.2, 0.25) is 5.89 Å². The zero-order chi connectivity index (χ0) is 29.4. The number of rotatable bonds is 7. The molecule has 1 aromatic heterocycles. The van der Waals surface area contributed by atoms with Gasteiger partial charge in [0.25, 0.3) is 11.3 Å². The molecule has 0 amide bonds. The van der Waals surface area contributed by atoms with Gasteiger partial charge in [0.05, 0.1) is 28.1 Å². The van der Waals surface area contributed by atoms with Crippen molar-refractivity contribution in [3.8, 4) is 0 Å². The van der Waals surface area contributed by atoms with Gasteiger partial charge in [0.1, 0.15) is 15.9 Å². The summed E-state index contributed by atoms with van der Waals surface area (Å²) in [5.41, 5.74) is 2.22. The summed E-state index contributed by atoms with van der Waals surface area (Å²) < 4.78 is 45.1. The number of morpholine rings is 1. The number of nitrogens with zero attached hydrogens (tertiary/aromatic N) is 2. The van der Waals surface area contributed by atoms with Crippen LogP contribution in [-0.4, -0.2) is 35.9 Å². The first-order valence-corrected chi connectivity index (χ1v) is 16.5. The molecular weight excluding hydrogens is 575 g/mol. The van der Waals surface area contributed by atoms with Crippen LogP contribution in [0.1, 0.15) is 11.5 Å². The molecule has 0 saturated carbocycles. The van der Waals surface area contributed by atoms with Crippen LogP contribution in [0.4, 0.5) is 5.88 Å². The molecule has 1 saturated heterocycles. The van der Waals surface area contributed by atoms with Gasteiger partial charge in [0, 0.05) is 19.5 Å². The standard InChI is InChI=1S/C32H30N2O2P.ClHO4/c1-5-13-26(14-6-1)25-30-33-31(32(36-30)34-21-23-35-24-22-34)37(27-15-7-2-8-16-27,28-17-9-3-10-18-28)29-19-11-4-12-20-29;2-1(3,4)5/h1-20H,21-25H2;(H,2,3,4,5)/q+1;. The number of ether oxygens (including phenoxy) is 1. The van der Waals surface area contributed by atoms with Crippen LogP contribution in [0, 0.1) is 10.2 Å². The Morgan fingerprint density at radius 3 is 1.52 bits per heavy atom. The van der Waals surface area contributed by atoms with Crippen LogP contribution in [0.5, 0.6) is 0 Å². The van der Waals surface area contributed by atoms with Crippen LogP contribution in [0.25, 0.3) is 0 Å². The third-order valence-electron chi connectivity index (χ3n) is 6.88. The minimum absolute atomic E-state index is 0.649. The summed E-state index contributed by atoms with van der Waals surface area (Å²) in [6.45, 7) is 2.93. The molecule has 6 rings (SSSR count). The molecule has 10 heteroatoms. The molecule has 0 spiro atoms. The van der Waals surface area contributed by atoms with Crippen LogP contribution < -0.4 is 40.2 Å². The van der Waals surface area contributed by atoms with Gasteiger partial charge in [-0.25, -0.2) is 0 Å². The van der Waals surface area contributed by atoms with Crippen molar-refractivity contribution in [3.05, 3.63) is 133 Å². The Hall–Kier alpha value is -3.59. The Bertz CT molecular complexity index is 1420. The summed E-state index contributed by atoms with van der Waals surface area (Å²) in [7, 11) is -7.08. The second-order valence-electron chi connectivity index (χ2n) is 9.57. The first-order valence-electron chi connectivity index (χ1n) is 13.4. The average Bonchev–Trinajstić information content (AvgIpc) is 3.43. The lowest BCUT2D eigenvalue weighted by Crippen LogP contribution is -2.58. The lowest BCUT2D eigenvalue weighted by molar-refractivity contribution is -1.92. The lowest BCUT2D eigenvalue weighted by Gasteiger charge is -2.30. The normalized spacial score (nSPS) is 13.8. The highest BCUT2D eigenvalue weighted by molar-refractivity contribution is 8.01. The van der Waals surface area contributed by atoms with Crippen LogP contribution in [-0.2, 0) is 11.2 Å². The molecular formula is C32H31ClN2O6P+. The molecule has 0 unspecified atom stereocenters. The number of aromatic nitrogens is 1. The Balaban J connectivity index is 0.000000652. The molecule has 1 aliphatic rings. The molecule has 1 fully saturated rings. The summed E-state index contributed by atoms with van der Waals surface area (Å²) in [6.07, 6.45) is 0.649. The van der Waals surface area contributed by atoms with E-state index in [-0.39, 0.29) is 0 Å². The van der Waals surface area contributed by atoms with Gasteiger partial charge in [-0.1, -0.05) is 84.9 Å². The molecule has 0 radical (unpaired) electrons. The second-order valence-corrected chi connectivity index (χ2v) is 13.7. The molecule has 2 heterocycles. The lowest BCUT2D eigenvalue weighted by atomic mass is 10.2. The van der Waals surface area contributed by atoms with Crippen molar-refractivity contribution in [3.63, 3.8) is 0 Å². The fourth-order valence-electron chi connectivity index (χ4n) is 5.15. The van der Waals surface area contributed by atoms with E-state index in [1.165, 1.54) is 21.5 Å². The molecule has 0 bridgehead atoms. The van der Waals surface area contributed by atoms with Gasteiger partial charge in [-0.05, 0) is 42.0 Å². The predicted octanol–water partition coefficient (Wildman–Crippen LogP) is 0.597. The van der Waals surface area contributed by atoms with Crippen molar-refractivity contribution in [1.29, 1.82) is 0 Å². The summed E-state index contributed by atoms with van der Waals surface area (Å²) >= 11 is 0. The monoisotopic (exact) mass is 605 g/mol. The number of hydrogen-bond donors (Lipinski definition) is 1. The Morgan fingerprint density at radius 2 is 1.10 bits per heavy atom. The van der Waals surface area contributed by atoms with Gasteiger partial charge in [-0.2, -0.15) is 19.0 Å². The highest BCUT2D eigenvalue weighted by Gasteiger charge is 2.53. The molecule has 5 aromatic rings.